The first-order chi connectivity index (χ1) is 3.72. The number of methoxy groups -OCH3 is 1. The molecule has 0 heterocycles. The second kappa shape index (κ2) is 6.19. The summed E-state index contributed by atoms with van der Waals surface area (Å²) in [6.45, 7) is 0. The highest BCUT2D eigenvalue weighted by atomic mass is 35.5. The molecule has 3 nitrogen and oxygen atoms in total. The highest BCUT2D eigenvalue weighted by molar-refractivity contribution is 7.80. The molecule has 56 valence electrons. The SMILES string of the molecule is CO[13C](=O)[13C@@H](N)[13CH2]S.Cl. The normalized spacial score (nSPS) is 11.4. The molecule has 0 aromatic carbocycles. The molecule has 0 saturated heterocycles. The van der Waals surface area contributed by atoms with Crippen LogP contribution in [-0.2, 0) is 9.53 Å². The Hall–Kier alpha value is 0.0700. The molecule has 2 N–H and O–H groups in total. The van der Waals surface area contributed by atoms with Crippen molar-refractivity contribution in [3.8, 4) is 0 Å². The summed E-state index contributed by atoms with van der Waals surface area (Å²) in [5.74, 6) is -0.0906. The van der Waals surface area contributed by atoms with Gasteiger partial charge in [-0.05, 0) is 0 Å². The first kappa shape index (κ1) is 11.8. The van der Waals surface area contributed by atoms with Crippen LogP contribution in [0.3, 0.4) is 0 Å². The minimum atomic E-state index is -0.580. The first-order valence-corrected chi connectivity index (χ1v) is 2.80. The predicted molar refractivity (Wildman–Crippen MR) is 41.1 cm³/mol. The summed E-state index contributed by atoms with van der Waals surface area (Å²) in [7, 11) is 1.30. The molecule has 0 spiro atoms. The van der Waals surface area contributed by atoms with Gasteiger partial charge in [-0.3, -0.25) is 4.79 Å². The number of nitrogens with two attached hydrogens (primary N) is 1. The van der Waals surface area contributed by atoms with Gasteiger partial charge in [-0.2, -0.15) is 12.6 Å². The van der Waals surface area contributed by atoms with E-state index < -0.39 is 12.0 Å². The van der Waals surface area contributed by atoms with Crippen LogP contribution in [0.5, 0.6) is 0 Å². The van der Waals surface area contributed by atoms with Crippen LogP contribution in [0.1, 0.15) is 0 Å². The monoisotopic (exact) mass is 174 g/mol. The van der Waals surface area contributed by atoms with E-state index in [1.807, 2.05) is 0 Å². The number of thiol groups is 1. The maximum atomic E-state index is 10.3. The van der Waals surface area contributed by atoms with Crippen molar-refractivity contribution in [2.75, 3.05) is 12.9 Å². The number of halogens is 1. The summed E-state index contributed by atoms with van der Waals surface area (Å²) in [4.78, 5) is 10.3. The highest BCUT2D eigenvalue weighted by Crippen LogP contribution is 1.84. The third-order valence-corrected chi connectivity index (χ3v) is 1.09. The maximum Gasteiger partial charge on any atom is 0.323 e. The van der Waals surface area contributed by atoms with Crippen molar-refractivity contribution in [2.45, 2.75) is 6.04 Å². The van der Waals surface area contributed by atoms with Gasteiger partial charge in [0.1, 0.15) is 6.04 Å². The predicted octanol–water partition coefficient (Wildman–Crippen LogP) is -0.162. The van der Waals surface area contributed by atoms with Crippen molar-refractivity contribution < 1.29 is 9.53 Å². The molecule has 0 unspecified atom stereocenters. The lowest BCUT2D eigenvalue weighted by atomic mass is 11.3. The summed E-state index contributed by atoms with van der Waals surface area (Å²) < 4.78 is 4.29. The van der Waals surface area contributed by atoms with E-state index in [0.717, 1.165) is 0 Å². The third-order valence-electron chi connectivity index (χ3n) is 0.701. The van der Waals surface area contributed by atoms with Crippen LogP contribution in [0, 0.1) is 0 Å². The Balaban J connectivity index is 0. The molecule has 0 aliphatic heterocycles. The van der Waals surface area contributed by atoms with Crippen molar-refractivity contribution in [1.82, 2.24) is 0 Å². The van der Waals surface area contributed by atoms with E-state index in [-0.39, 0.29) is 12.4 Å². The Morgan fingerprint density at radius 3 is 2.44 bits per heavy atom. The van der Waals surface area contributed by atoms with Crippen LogP contribution in [0.4, 0.5) is 0 Å². The summed E-state index contributed by atoms with van der Waals surface area (Å²) in [5, 5.41) is 0. The smallest absolute Gasteiger partial charge is 0.323 e. The third kappa shape index (κ3) is 4.57. The second-order valence-corrected chi connectivity index (χ2v) is 1.68. The van der Waals surface area contributed by atoms with Gasteiger partial charge in [0.05, 0.1) is 7.11 Å². The molecule has 0 bridgehead atoms. The van der Waals surface area contributed by atoms with Crippen LogP contribution in [-0.4, -0.2) is 24.9 Å². The maximum absolute atomic E-state index is 10.3. The molecule has 9 heavy (non-hydrogen) atoms. The van der Waals surface area contributed by atoms with Crippen LogP contribution in [0.25, 0.3) is 0 Å². The van der Waals surface area contributed by atoms with E-state index in [9.17, 15) is 4.79 Å². The second-order valence-electron chi connectivity index (χ2n) is 1.31. The number of ether oxygens (including phenoxy) is 1. The van der Waals surface area contributed by atoms with Crippen LogP contribution in [0.15, 0.2) is 0 Å². The zero-order valence-corrected chi connectivity index (χ0v) is 6.74. The molecule has 0 fully saturated rings. The van der Waals surface area contributed by atoms with Crippen molar-refractivity contribution in [3.05, 3.63) is 0 Å². The molecule has 0 aliphatic carbocycles. The topological polar surface area (TPSA) is 52.3 Å². The van der Waals surface area contributed by atoms with Gasteiger partial charge in [-0.15, -0.1) is 12.4 Å². The van der Waals surface area contributed by atoms with Gasteiger partial charge in [0, 0.05) is 5.75 Å². The van der Waals surface area contributed by atoms with Gasteiger partial charge in [-0.25, -0.2) is 0 Å². The Kier molecular flexibility index (Phi) is 8.13. The standard InChI is InChI=1S/C4H9NO2S.ClH/c1-7-4(6)3(5)2-8;/h3,8H,2,5H2,1H3;1H/t3-;/m0./s1/i2+1,3+1,4+1;. The van der Waals surface area contributed by atoms with Crippen molar-refractivity contribution >= 4 is 31.0 Å². The first-order valence-electron chi connectivity index (χ1n) is 2.16. The summed E-state index contributed by atoms with van der Waals surface area (Å²) in [6, 6.07) is -0.580. The van der Waals surface area contributed by atoms with Crippen molar-refractivity contribution in [2.24, 2.45) is 5.73 Å². The molecule has 0 amide bonds. The van der Waals surface area contributed by atoms with Gasteiger partial charge >= 0.3 is 5.97 Å². The average Bonchev–Trinajstić information content (AvgIpc) is 1.84. The lowest BCUT2D eigenvalue weighted by molar-refractivity contribution is -0.141. The number of esters is 1. The number of hydrogen-bond acceptors (Lipinski definition) is 4. The minimum absolute atomic E-state index is 0. The molecule has 0 radical (unpaired) electrons. The molecular formula is C4H10ClNO2S. The van der Waals surface area contributed by atoms with Crippen LogP contribution < -0.4 is 5.73 Å². The molecular weight excluding hydrogens is 165 g/mol. The fourth-order valence-electron chi connectivity index (χ4n) is 0.226. The number of hydrogen-bond donors (Lipinski definition) is 2. The zero-order valence-electron chi connectivity index (χ0n) is 5.03. The van der Waals surface area contributed by atoms with Gasteiger partial charge < -0.3 is 10.5 Å². The molecule has 0 rings (SSSR count). The zero-order chi connectivity index (χ0) is 6.57. The number of carbonyl (C=O) groups excluding carboxylic acids is 1. The largest absolute Gasteiger partial charge is 0.468 e. The molecule has 1 atom stereocenters. The quantitative estimate of drug-likeness (QED) is 0.348. The number of carbonyl (C=O) groups is 1. The minimum Gasteiger partial charge on any atom is -0.468 e. The van der Waals surface area contributed by atoms with E-state index in [1.165, 1.54) is 7.11 Å². The highest BCUT2D eigenvalue weighted by Gasteiger charge is 2.09. The van der Waals surface area contributed by atoms with E-state index in [2.05, 4.69) is 17.4 Å². The van der Waals surface area contributed by atoms with E-state index in [0.29, 0.717) is 5.75 Å². The lowest BCUT2D eigenvalue weighted by Crippen LogP contribution is -2.32. The van der Waals surface area contributed by atoms with Crippen LogP contribution in [0.2, 0.25) is 0 Å². The van der Waals surface area contributed by atoms with Gasteiger partial charge in [0.15, 0.2) is 0 Å². The molecule has 0 aromatic rings. The van der Waals surface area contributed by atoms with Crippen molar-refractivity contribution in [3.63, 3.8) is 0 Å². The molecule has 0 saturated carbocycles. The molecule has 5 heteroatoms. The Bertz CT molecular complexity index is 90.6. The van der Waals surface area contributed by atoms with E-state index >= 15 is 0 Å². The van der Waals surface area contributed by atoms with Crippen molar-refractivity contribution in [1.29, 1.82) is 0 Å². The van der Waals surface area contributed by atoms with Gasteiger partial charge in [0.25, 0.3) is 0 Å². The molecule has 0 aromatic heterocycles. The van der Waals surface area contributed by atoms with Gasteiger partial charge in [-0.1, -0.05) is 0 Å². The van der Waals surface area contributed by atoms with Crippen LogP contribution >= 0.6 is 25.0 Å². The van der Waals surface area contributed by atoms with E-state index in [4.69, 9.17) is 5.73 Å². The Labute approximate surface area is 65.8 Å². The summed E-state index contributed by atoms with van der Waals surface area (Å²) >= 11 is 3.78. The summed E-state index contributed by atoms with van der Waals surface area (Å²) in [5.41, 5.74) is 5.18. The summed E-state index contributed by atoms with van der Waals surface area (Å²) in [6.07, 6.45) is 0. The Morgan fingerprint density at radius 2 is 2.33 bits per heavy atom. The fourth-order valence-corrected chi connectivity index (χ4v) is 0.375. The average molecular weight is 175 g/mol. The van der Waals surface area contributed by atoms with E-state index in [1.54, 1.807) is 0 Å². The van der Waals surface area contributed by atoms with Gasteiger partial charge in [0.2, 0.25) is 0 Å². The number of rotatable bonds is 2. The fraction of sp³-hybridized carbons (Fsp3) is 0.750. The Morgan fingerprint density at radius 1 is 1.89 bits per heavy atom. The lowest BCUT2D eigenvalue weighted by Gasteiger charge is -2.02. The molecule has 0 aliphatic rings.